The monoisotopic (exact) mass is 422 g/mol. The SMILES string of the molecule is CC[C@@H](COc1ncc(Br)cc1Br)NC(=O)OC(C)(C)C. The van der Waals surface area contributed by atoms with Gasteiger partial charge in [-0.15, -0.1) is 0 Å². The Morgan fingerprint density at radius 1 is 1.43 bits per heavy atom. The van der Waals surface area contributed by atoms with Gasteiger partial charge in [0.05, 0.1) is 10.5 Å². The Kier molecular flexibility index (Phi) is 6.93. The normalized spacial score (nSPS) is 12.7. The highest BCUT2D eigenvalue weighted by Crippen LogP contribution is 2.25. The van der Waals surface area contributed by atoms with E-state index < -0.39 is 11.7 Å². The number of ether oxygens (including phenoxy) is 2. The van der Waals surface area contributed by atoms with E-state index in [0.717, 1.165) is 15.4 Å². The maximum Gasteiger partial charge on any atom is 0.407 e. The molecule has 5 nitrogen and oxygen atoms in total. The number of hydrogen-bond acceptors (Lipinski definition) is 4. The van der Waals surface area contributed by atoms with Crippen molar-refractivity contribution in [2.45, 2.75) is 45.8 Å². The van der Waals surface area contributed by atoms with Crippen molar-refractivity contribution in [1.29, 1.82) is 0 Å². The fraction of sp³-hybridized carbons (Fsp3) is 0.571. The predicted octanol–water partition coefficient (Wildman–Crippen LogP) is 4.29. The molecule has 7 heteroatoms. The Morgan fingerprint density at radius 3 is 2.62 bits per heavy atom. The second kappa shape index (κ2) is 7.98. The smallest absolute Gasteiger partial charge is 0.407 e. The van der Waals surface area contributed by atoms with Gasteiger partial charge in [-0.25, -0.2) is 9.78 Å². The molecule has 0 aliphatic carbocycles. The lowest BCUT2D eigenvalue weighted by molar-refractivity contribution is 0.0485. The molecule has 0 radical (unpaired) electrons. The van der Waals surface area contributed by atoms with Gasteiger partial charge < -0.3 is 14.8 Å². The topological polar surface area (TPSA) is 60.5 Å². The quantitative estimate of drug-likeness (QED) is 0.767. The van der Waals surface area contributed by atoms with E-state index in [0.29, 0.717) is 12.5 Å². The van der Waals surface area contributed by atoms with Gasteiger partial charge in [-0.05, 0) is 65.1 Å². The lowest BCUT2D eigenvalue weighted by Gasteiger charge is -2.23. The molecule has 1 aromatic heterocycles. The van der Waals surface area contributed by atoms with Crippen LogP contribution < -0.4 is 10.1 Å². The van der Waals surface area contributed by atoms with Gasteiger partial charge in [-0.3, -0.25) is 0 Å². The number of hydrogen-bond donors (Lipinski definition) is 1. The van der Waals surface area contributed by atoms with Crippen LogP contribution in [0.15, 0.2) is 21.2 Å². The lowest BCUT2D eigenvalue weighted by Crippen LogP contribution is -2.41. The van der Waals surface area contributed by atoms with E-state index in [2.05, 4.69) is 42.2 Å². The predicted molar refractivity (Wildman–Crippen MR) is 88.6 cm³/mol. The standard InChI is InChI=1S/C14H20Br2N2O3/c1-5-10(18-13(19)21-14(2,3)4)8-20-12-11(16)6-9(15)7-17-12/h6-7,10H,5,8H2,1-4H3,(H,18,19)/t10-/m0/s1. The zero-order chi connectivity index (χ0) is 16.0. The molecule has 1 heterocycles. The molecule has 1 atom stereocenters. The number of pyridine rings is 1. The molecule has 0 unspecified atom stereocenters. The third-order valence-corrected chi connectivity index (χ3v) is 3.41. The first-order valence-corrected chi connectivity index (χ1v) is 8.23. The van der Waals surface area contributed by atoms with Crippen molar-refractivity contribution < 1.29 is 14.3 Å². The zero-order valence-corrected chi connectivity index (χ0v) is 15.7. The fourth-order valence-electron chi connectivity index (χ4n) is 1.42. The minimum atomic E-state index is -0.514. The van der Waals surface area contributed by atoms with E-state index in [1.54, 1.807) is 6.20 Å². The third kappa shape index (κ3) is 7.13. The number of amides is 1. The summed E-state index contributed by atoms with van der Waals surface area (Å²) in [7, 11) is 0. The van der Waals surface area contributed by atoms with Crippen molar-refractivity contribution in [3.05, 3.63) is 21.2 Å². The molecule has 1 aromatic rings. The number of carbonyl (C=O) groups excluding carboxylic acids is 1. The molecule has 1 amide bonds. The fourth-order valence-corrected chi connectivity index (χ4v) is 2.53. The summed E-state index contributed by atoms with van der Waals surface area (Å²) in [6.45, 7) is 7.77. The van der Waals surface area contributed by atoms with E-state index in [9.17, 15) is 4.79 Å². The van der Waals surface area contributed by atoms with Gasteiger partial charge in [0.1, 0.15) is 12.2 Å². The molecular weight excluding hydrogens is 404 g/mol. The molecule has 0 spiro atoms. The molecule has 1 N–H and O–H groups in total. The van der Waals surface area contributed by atoms with Gasteiger partial charge in [0.2, 0.25) is 5.88 Å². The van der Waals surface area contributed by atoms with Gasteiger partial charge >= 0.3 is 6.09 Å². The molecule has 0 bridgehead atoms. The van der Waals surface area contributed by atoms with Crippen molar-refractivity contribution >= 4 is 38.0 Å². The van der Waals surface area contributed by atoms with Crippen LogP contribution in [0.2, 0.25) is 0 Å². The Morgan fingerprint density at radius 2 is 2.10 bits per heavy atom. The summed E-state index contributed by atoms with van der Waals surface area (Å²) in [5, 5.41) is 2.79. The molecule has 0 aliphatic rings. The number of carbonyl (C=O) groups is 1. The second-order valence-electron chi connectivity index (χ2n) is 5.50. The van der Waals surface area contributed by atoms with E-state index in [1.807, 2.05) is 33.8 Å². The zero-order valence-electron chi connectivity index (χ0n) is 12.6. The van der Waals surface area contributed by atoms with E-state index in [1.165, 1.54) is 0 Å². The summed E-state index contributed by atoms with van der Waals surface area (Å²) in [5.41, 5.74) is -0.514. The van der Waals surface area contributed by atoms with E-state index in [-0.39, 0.29) is 6.04 Å². The van der Waals surface area contributed by atoms with Crippen molar-refractivity contribution in [3.8, 4) is 5.88 Å². The van der Waals surface area contributed by atoms with Gasteiger partial charge in [-0.2, -0.15) is 0 Å². The Hall–Kier alpha value is -0.820. The summed E-state index contributed by atoms with van der Waals surface area (Å²) >= 11 is 6.71. The first-order valence-electron chi connectivity index (χ1n) is 6.64. The first-order chi connectivity index (χ1) is 9.71. The molecule has 0 saturated carbocycles. The van der Waals surface area contributed by atoms with Crippen molar-refractivity contribution in [3.63, 3.8) is 0 Å². The van der Waals surface area contributed by atoms with Gasteiger partial charge in [0.25, 0.3) is 0 Å². The number of halogens is 2. The Balaban J connectivity index is 2.53. The van der Waals surface area contributed by atoms with Crippen LogP contribution in [-0.4, -0.2) is 29.3 Å². The molecule has 0 saturated heterocycles. The van der Waals surface area contributed by atoms with Gasteiger partial charge in [0, 0.05) is 10.7 Å². The Bertz CT molecular complexity index is 490. The second-order valence-corrected chi connectivity index (χ2v) is 7.27. The first kappa shape index (κ1) is 18.2. The van der Waals surface area contributed by atoms with Crippen LogP contribution in [0.5, 0.6) is 5.88 Å². The Labute approximate surface area is 142 Å². The molecule has 0 aliphatic heterocycles. The number of nitrogens with zero attached hydrogens (tertiary/aromatic N) is 1. The summed E-state index contributed by atoms with van der Waals surface area (Å²) < 4.78 is 12.5. The average Bonchev–Trinajstić information content (AvgIpc) is 2.33. The maximum absolute atomic E-state index is 11.7. The minimum Gasteiger partial charge on any atom is -0.475 e. The van der Waals surface area contributed by atoms with Crippen LogP contribution in [0, 0.1) is 0 Å². The van der Waals surface area contributed by atoms with Gasteiger partial charge in [-0.1, -0.05) is 6.92 Å². The molecule has 0 fully saturated rings. The average molecular weight is 424 g/mol. The number of alkyl carbamates (subject to hydrolysis) is 1. The van der Waals surface area contributed by atoms with Crippen LogP contribution in [0.1, 0.15) is 34.1 Å². The number of nitrogens with one attached hydrogen (secondary N) is 1. The summed E-state index contributed by atoms with van der Waals surface area (Å²) in [6.07, 6.45) is 1.94. The van der Waals surface area contributed by atoms with E-state index in [4.69, 9.17) is 9.47 Å². The molecule has 1 rings (SSSR count). The summed E-state index contributed by atoms with van der Waals surface area (Å²) in [6, 6.07) is 1.71. The number of aromatic nitrogens is 1. The third-order valence-electron chi connectivity index (χ3n) is 2.41. The maximum atomic E-state index is 11.7. The lowest BCUT2D eigenvalue weighted by atomic mass is 10.2. The highest BCUT2D eigenvalue weighted by Gasteiger charge is 2.19. The van der Waals surface area contributed by atoms with Gasteiger partial charge in [0.15, 0.2) is 0 Å². The van der Waals surface area contributed by atoms with Crippen LogP contribution in [-0.2, 0) is 4.74 Å². The number of rotatable bonds is 5. The highest BCUT2D eigenvalue weighted by molar-refractivity contribution is 9.11. The molecular formula is C14H20Br2N2O3. The van der Waals surface area contributed by atoms with Crippen molar-refractivity contribution in [2.24, 2.45) is 0 Å². The largest absolute Gasteiger partial charge is 0.475 e. The van der Waals surface area contributed by atoms with Crippen LogP contribution in [0.4, 0.5) is 4.79 Å². The highest BCUT2D eigenvalue weighted by atomic mass is 79.9. The van der Waals surface area contributed by atoms with Crippen LogP contribution >= 0.6 is 31.9 Å². The van der Waals surface area contributed by atoms with E-state index >= 15 is 0 Å². The minimum absolute atomic E-state index is 0.141. The van der Waals surface area contributed by atoms with Crippen molar-refractivity contribution in [2.75, 3.05) is 6.61 Å². The van der Waals surface area contributed by atoms with Crippen LogP contribution in [0.25, 0.3) is 0 Å². The summed E-state index contributed by atoms with van der Waals surface area (Å²) in [4.78, 5) is 15.9. The molecule has 21 heavy (non-hydrogen) atoms. The van der Waals surface area contributed by atoms with Crippen LogP contribution in [0.3, 0.4) is 0 Å². The van der Waals surface area contributed by atoms with Crippen molar-refractivity contribution in [1.82, 2.24) is 10.3 Å². The molecule has 0 aromatic carbocycles. The summed E-state index contributed by atoms with van der Waals surface area (Å²) in [5.74, 6) is 0.489. The molecule has 118 valence electrons.